The zero-order valence-corrected chi connectivity index (χ0v) is 13.1. The number of likely N-dealkylation sites (tertiary alicyclic amines) is 1. The van der Waals surface area contributed by atoms with Gasteiger partial charge in [-0.3, -0.25) is 4.98 Å². The number of carbonyl (C=O) groups is 1. The predicted molar refractivity (Wildman–Crippen MR) is 82.9 cm³/mol. The molecule has 5 heteroatoms. The van der Waals surface area contributed by atoms with Gasteiger partial charge in [0.25, 0.3) is 0 Å². The summed E-state index contributed by atoms with van der Waals surface area (Å²) < 4.78 is 5.40. The van der Waals surface area contributed by atoms with Gasteiger partial charge in [0.1, 0.15) is 5.60 Å². The molecule has 1 aromatic rings. The molecule has 5 nitrogen and oxygen atoms in total. The Kier molecular flexibility index (Phi) is 4.70. The molecule has 1 aliphatic heterocycles. The van der Waals surface area contributed by atoms with Gasteiger partial charge >= 0.3 is 6.09 Å². The monoisotopic (exact) mass is 291 g/mol. The van der Waals surface area contributed by atoms with Gasteiger partial charge in [-0.05, 0) is 58.1 Å². The fourth-order valence-corrected chi connectivity index (χ4v) is 2.50. The number of carbonyl (C=O) groups excluding carboxylic acids is 1. The second kappa shape index (κ2) is 6.33. The minimum Gasteiger partial charge on any atom is -0.444 e. The molecule has 116 valence electrons. The highest BCUT2D eigenvalue weighted by Gasteiger charge is 2.26. The zero-order chi connectivity index (χ0) is 15.5. The summed E-state index contributed by atoms with van der Waals surface area (Å²) in [5, 5.41) is 0. The van der Waals surface area contributed by atoms with Crippen molar-refractivity contribution in [2.24, 2.45) is 5.92 Å². The molecule has 1 fully saturated rings. The summed E-state index contributed by atoms with van der Waals surface area (Å²) in [4.78, 5) is 18.1. The molecule has 0 radical (unpaired) electrons. The maximum absolute atomic E-state index is 12.0. The lowest BCUT2D eigenvalue weighted by atomic mass is 9.92. The Bertz CT molecular complexity index is 471. The maximum atomic E-state index is 12.0. The molecule has 2 N–H and O–H groups in total. The van der Waals surface area contributed by atoms with E-state index in [0.29, 0.717) is 11.6 Å². The van der Waals surface area contributed by atoms with Crippen molar-refractivity contribution in [1.82, 2.24) is 9.88 Å². The minimum absolute atomic E-state index is 0.202. The molecule has 0 saturated carbocycles. The lowest BCUT2D eigenvalue weighted by Crippen LogP contribution is -2.42. The second-order valence-electron chi connectivity index (χ2n) is 6.70. The highest BCUT2D eigenvalue weighted by molar-refractivity contribution is 5.68. The van der Waals surface area contributed by atoms with Crippen LogP contribution in [-0.2, 0) is 11.2 Å². The topological polar surface area (TPSA) is 68.5 Å². The van der Waals surface area contributed by atoms with Crippen LogP contribution in [-0.4, -0.2) is 34.7 Å². The first kappa shape index (κ1) is 15.6. The number of amides is 1. The molecule has 0 aromatic carbocycles. The third-order valence-electron chi connectivity index (χ3n) is 3.61. The van der Waals surface area contributed by atoms with Crippen LogP contribution in [0.5, 0.6) is 0 Å². The summed E-state index contributed by atoms with van der Waals surface area (Å²) in [5.74, 6) is 0.569. The third kappa shape index (κ3) is 4.92. The first-order valence-electron chi connectivity index (χ1n) is 7.52. The number of nitrogen functional groups attached to an aromatic ring is 1. The fraction of sp³-hybridized carbons (Fsp3) is 0.625. The van der Waals surface area contributed by atoms with Crippen molar-refractivity contribution in [3.8, 4) is 0 Å². The highest BCUT2D eigenvalue weighted by Crippen LogP contribution is 2.22. The van der Waals surface area contributed by atoms with E-state index in [0.717, 1.165) is 38.0 Å². The number of nitrogens with zero attached hydrogens (tertiary/aromatic N) is 2. The Balaban J connectivity index is 1.80. The summed E-state index contributed by atoms with van der Waals surface area (Å²) in [6.07, 6.45) is 4.43. The molecule has 0 spiro atoms. The second-order valence-corrected chi connectivity index (χ2v) is 6.70. The summed E-state index contributed by atoms with van der Waals surface area (Å²) in [5.41, 5.74) is 6.97. The maximum Gasteiger partial charge on any atom is 0.410 e. The van der Waals surface area contributed by atoms with Gasteiger partial charge in [0, 0.05) is 18.8 Å². The predicted octanol–water partition coefficient (Wildman–Crippen LogP) is 2.85. The molecule has 1 saturated heterocycles. The summed E-state index contributed by atoms with van der Waals surface area (Å²) in [6, 6.07) is 3.87. The molecular formula is C16H25N3O2. The number of hydrogen-bond acceptors (Lipinski definition) is 4. The first-order valence-corrected chi connectivity index (χ1v) is 7.52. The van der Waals surface area contributed by atoms with Crippen LogP contribution in [0, 0.1) is 5.92 Å². The number of rotatable bonds is 2. The van der Waals surface area contributed by atoms with Crippen molar-refractivity contribution >= 4 is 11.8 Å². The first-order chi connectivity index (χ1) is 9.83. The molecule has 2 heterocycles. The number of ether oxygens (including phenoxy) is 1. The Morgan fingerprint density at radius 1 is 1.38 bits per heavy atom. The van der Waals surface area contributed by atoms with Crippen molar-refractivity contribution in [3.05, 3.63) is 24.0 Å². The number of aromatic nitrogens is 1. The summed E-state index contributed by atoms with van der Waals surface area (Å²) in [7, 11) is 0. The number of piperidine rings is 1. The SMILES string of the molecule is CC(C)(C)OC(=O)N1CCC(Cc2ccc(N)cn2)CC1. The molecule has 21 heavy (non-hydrogen) atoms. The molecule has 1 aliphatic rings. The van der Waals surface area contributed by atoms with E-state index in [4.69, 9.17) is 10.5 Å². The Morgan fingerprint density at radius 2 is 2.05 bits per heavy atom. The van der Waals surface area contributed by atoms with E-state index >= 15 is 0 Å². The van der Waals surface area contributed by atoms with Gasteiger partial charge in [0.15, 0.2) is 0 Å². The third-order valence-corrected chi connectivity index (χ3v) is 3.61. The van der Waals surface area contributed by atoms with Gasteiger partial charge in [-0.1, -0.05) is 0 Å². The van der Waals surface area contributed by atoms with Gasteiger partial charge in [-0.2, -0.15) is 0 Å². The van der Waals surface area contributed by atoms with Crippen LogP contribution < -0.4 is 5.73 Å². The van der Waals surface area contributed by atoms with E-state index in [2.05, 4.69) is 4.98 Å². The molecule has 0 bridgehead atoms. The molecule has 2 rings (SSSR count). The highest BCUT2D eigenvalue weighted by atomic mass is 16.6. The van der Waals surface area contributed by atoms with E-state index < -0.39 is 5.60 Å². The number of pyridine rings is 1. The van der Waals surface area contributed by atoms with Crippen LogP contribution in [0.2, 0.25) is 0 Å². The van der Waals surface area contributed by atoms with E-state index in [1.165, 1.54) is 0 Å². The number of anilines is 1. The van der Waals surface area contributed by atoms with Crippen LogP contribution in [0.4, 0.5) is 10.5 Å². The largest absolute Gasteiger partial charge is 0.444 e. The average molecular weight is 291 g/mol. The van der Waals surface area contributed by atoms with Crippen LogP contribution >= 0.6 is 0 Å². The normalized spacial score (nSPS) is 16.8. The molecule has 0 aliphatic carbocycles. The van der Waals surface area contributed by atoms with E-state index in [1.807, 2.05) is 32.9 Å². The molecular weight excluding hydrogens is 266 g/mol. The van der Waals surface area contributed by atoms with Gasteiger partial charge in [0.05, 0.1) is 11.9 Å². The lowest BCUT2D eigenvalue weighted by molar-refractivity contribution is 0.0184. The molecule has 1 aromatic heterocycles. The van der Waals surface area contributed by atoms with Crippen LogP contribution in [0.25, 0.3) is 0 Å². The van der Waals surface area contributed by atoms with Crippen molar-refractivity contribution in [1.29, 1.82) is 0 Å². The zero-order valence-electron chi connectivity index (χ0n) is 13.1. The smallest absolute Gasteiger partial charge is 0.410 e. The molecule has 1 amide bonds. The lowest BCUT2D eigenvalue weighted by Gasteiger charge is -2.33. The standard InChI is InChI=1S/C16H25N3O2/c1-16(2,3)21-15(20)19-8-6-12(7-9-19)10-14-5-4-13(17)11-18-14/h4-5,11-12H,6-10,17H2,1-3H3. The van der Waals surface area contributed by atoms with Crippen LogP contribution in [0.3, 0.4) is 0 Å². The van der Waals surface area contributed by atoms with Crippen molar-refractivity contribution in [3.63, 3.8) is 0 Å². The summed E-state index contributed by atoms with van der Waals surface area (Å²) >= 11 is 0. The van der Waals surface area contributed by atoms with Gasteiger partial charge < -0.3 is 15.4 Å². The average Bonchev–Trinajstić information content (AvgIpc) is 2.40. The Labute approximate surface area is 126 Å². The fourth-order valence-electron chi connectivity index (χ4n) is 2.50. The van der Waals surface area contributed by atoms with Crippen LogP contribution in [0.1, 0.15) is 39.3 Å². The van der Waals surface area contributed by atoms with Crippen LogP contribution in [0.15, 0.2) is 18.3 Å². The van der Waals surface area contributed by atoms with E-state index in [9.17, 15) is 4.79 Å². The summed E-state index contributed by atoms with van der Waals surface area (Å²) in [6.45, 7) is 7.20. The Morgan fingerprint density at radius 3 is 2.57 bits per heavy atom. The number of hydrogen-bond donors (Lipinski definition) is 1. The number of nitrogens with two attached hydrogens (primary N) is 1. The Hall–Kier alpha value is -1.78. The van der Waals surface area contributed by atoms with Gasteiger partial charge in [0.2, 0.25) is 0 Å². The minimum atomic E-state index is -0.429. The van der Waals surface area contributed by atoms with Gasteiger partial charge in [-0.15, -0.1) is 0 Å². The van der Waals surface area contributed by atoms with Crippen molar-refractivity contribution < 1.29 is 9.53 Å². The van der Waals surface area contributed by atoms with Gasteiger partial charge in [-0.25, -0.2) is 4.79 Å². The quantitative estimate of drug-likeness (QED) is 0.909. The van der Waals surface area contributed by atoms with Crippen molar-refractivity contribution in [2.45, 2.75) is 45.6 Å². The molecule has 0 atom stereocenters. The van der Waals surface area contributed by atoms with E-state index in [1.54, 1.807) is 11.1 Å². The van der Waals surface area contributed by atoms with E-state index in [-0.39, 0.29) is 6.09 Å². The molecule has 0 unspecified atom stereocenters. The van der Waals surface area contributed by atoms with Crippen molar-refractivity contribution in [2.75, 3.05) is 18.8 Å².